The van der Waals surface area contributed by atoms with Crippen LogP contribution >= 0.6 is 0 Å². The lowest BCUT2D eigenvalue weighted by atomic mass is 10.1. The number of carboxylic acid groups (broad SMARTS) is 1. The molecule has 0 spiro atoms. The molecule has 0 unspecified atom stereocenters. The lowest BCUT2D eigenvalue weighted by Gasteiger charge is -2.21. The molecule has 0 bridgehead atoms. The van der Waals surface area contributed by atoms with Gasteiger partial charge < -0.3 is 15.7 Å². The van der Waals surface area contributed by atoms with Crippen LogP contribution in [0.2, 0.25) is 0 Å². The van der Waals surface area contributed by atoms with Gasteiger partial charge in [-0.25, -0.2) is 0 Å². The Balaban J connectivity index is 2.02. The van der Waals surface area contributed by atoms with Crippen molar-refractivity contribution in [3.8, 4) is 0 Å². The molecule has 4 heteroatoms. The highest BCUT2D eigenvalue weighted by Gasteiger charge is 2.28. The molecule has 3 rings (SSSR count). The maximum absolute atomic E-state index is 11.0. The third kappa shape index (κ3) is 1.99. The van der Waals surface area contributed by atoms with Crippen LogP contribution in [-0.2, 0) is 4.79 Å². The molecule has 2 aromatic rings. The summed E-state index contributed by atoms with van der Waals surface area (Å²) in [5.41, 5.74) is 7.82. The summed E-state index contributed by atoms with van der Waals surface area (Å²) in [4.78, 5) is 13.2. The topological polar surface area (TPSA) is 66.6 Å². The van der Waals surface area contributed by atoms with Crippen LogP contribution in [-0.4, -0.2) is 24.2 Å². The minimum atomic E-state index is -0.706. The molecule has 4 nitrogen and oxygen atoms in total. The lowest BCUT2D eigenvalue weighted by molar-refractivity contribution is -0.140. The Bertz CT molecular complexity index is 639. The number of anilines is 2. The number of nitrogen functional groups attached to an aromatic ring is 1. The van der Waals surface area contributed by atoms with E-state index < -0.39 is 5.97 Å². The van der Waals surface area contributed by atoms with Crippen LogP contribution < -0.4 is 10.6 Å². The Labute approximate surface area is 111 Å². The largest absolute Gasteiger partial charge is 0.481 e. The summed E-state index contributed by atoms with van der Waals surface area (Å²) in [7, 11) is 0. The number of carbonyl (C=O) groups is 1. The van der Waals surface area contributed by atoms with Crippen LogP contribution in [0.5, 0.6) is 0 Å². The quantitative estimate of drug-likeness (QED) is 0.809. The Hall–Kier alpha value is -2.23. The van der Waals surface area contributed by atoms with E-state index in [0.717, 1.165) is 28.7 Å². The molecule has 1 atom stereocenters. The van der Waals surface area contributed by atoms with Crippen LogP contribution in [0.3, 0.4) is 0 Å². The molecule has 0 aromatic heterocycles. The molecule has 0 aliphatic carbocycles. The van der Waals surface area contributed by atoms with E-state index in [2.05, 4.69) is 4.90 Å². The highest BCUT2D eigenvalue weighted by molar-refractivity contribution is 6.01. The van der Waals surface area contributed by atoms with Crippen LogP contribution in [0.15, 0.2) is 36.4 Å². The lowest BCUT2D eigenvalue weighted by Crippen LogP contribution is -2.22. The van der Waals surface area contributed by atoms with Gasteiger partial charge in [0, 0.05) is 35.2 Å². The van der Waals surface area contributed by atoms with E-state index in [1.54, 1.807) is 0 Å². The van der Waals surface area contributed by atoms with Gasteiger partial charge in [0.1, 0.15) is 0 Å². The van der Waals surface area contributed by atoms with Crippen molar-refractivity contribution in [1.29, 1.82) is 0 Å². The molecular formula is C15H16N2O2. The standard InChI is InChI=1S/C15H16N2O2/c16-13-5-6-14(12-4-2-1-3-11(12)13)17-8-7-10(9-17)15(18)19/h1-6,10H,7-9,16H2,(H,18,19)/t10-/m1/s1. The molecule has 19 heavy (non-hydrogen) atoms. The van der Waals surface area contributed by atoms with Crippen molar-refractivity contribution in [3.05, 3.63) is 36.4 Å². The van der Waals surface area contributed by atoms with Gasteiger partial charge in [0.15, 0.2) is 0 Å². The smallest absolute Gasteiger partial charge is 0.308 e. The molecule has 1 heterocycles. The summed E-state index contributed by atoms with van der Waals surface area (Å²) in [6.45, 7) is 1.36. The highest BCUT2D eigenvalue weighted by atomic mass is 16.4. The maximum Gasteiger partial charge on any atom is 0.308 e. The summed E-state index contributed by atoms with van der Waals surface area (Å²) in [5.74, 6) is -0.974. The van der Waals surface area contributed by atoms with Crippen LogP contribution in [0.4, 0.5) is 11.4 Å². The van der Waals surface area contributed by atoms with Gasteiger partial charge in [-0.2, -0.15) is 0 Å². The number of nitrogens with zero attached hydrogens (tertiary/aromatic N) is 1. The Morgan fingerprint density at radius 1 is 1.21 bits per heavy atom. The van der Waals surface area contributed by atoms with Crippen molar-refractivity contribution < 1.29 is 9.90 Å². The number of nitrogens with two attached hydrogens (primary N) is 1. The molecule has 1 fully saturated rings. The van der Waals surface area contributed by atoms with Gasteiger partial charge in [-0.05, 0) is 18.6 Å². The Morgan fingerprint density at radius 3 is 2.63 bits per heavy atom. The fraction of sp³-hybridized carbons (Fsp3) is 0.267. The highest BCUT2D eigenvalue weighted by Crippen LogP contribution is 2.33. The first-order valence-electron chi connectivity index (χ1n) is 6.42. The molecule has 0 radical (unpaired) electrons. The van der Waals surface area contributed by atoms with Gasteiger partial charge in [0.05, 0.1) is 5.92 Å². The second kappa shape index (κ2) is 4.46. The van der Waals surface area contributed by atoms with Gasteiger partial charge in [0.2, 0.25) is 0 Å². The average molecular weight is 256 g/mol. The molecule has 1 saturated heterocycles. The van der Waals surface area contributed by atoms with Gasteiger partial charge in [-0.15, -0.1) is 0 Å². The van der Waals surface area contributed by atoms with Crippen LogP contribution in [0.25, 0.3) is 10.8 Å². The zero-order chi connectivity index (χ0) is 13.4. The molecular weight excluding hydrogens is 240 g/mol. The first-order valence-corrected chi connectivity index (χ1v) is 6.42. The van der Waals surface area contributed by atoms with E-state index >= 15 is 0 Å². The molecule has 2 aromatic carbocycles. The number of carboxylic acids is 1. The SMILES string of the molecule is Nc1ccc(N2CC[C@@H](C(=O)O)C2)c2ccccc12. The van der Waals surface area contributed by atoms with Crippen molar-refractivity contribution in [2.45, 2.75) is 6.42 Å². The van der Waals surface area contributed by atoms with E-state index in [1.807, 2.05) is 36.4 Å². The van der Waals surface area contributed by atoms with Gasteiger partial charge in [0.25, 0.3) is 0 Å². The van der Waals surface area contributed by atoms with E-state index in [0.29, 0.717) is 13.0 Å². The molecule has 3 N–H and O–H groups in total. The predicted molar refractivity (Wildman–Crippen MR) is 76.3 cm³/mol. The maximum atomic E-state index is 11.0. The first-order chi connectivity index (χ1) is 9.16. The Kier molecular flexibility index (Phi) is 2.78. The third-order valence-corrected chi connectivity index (χ3v) is 3.81. The van der Waals surface area contributed by atoms with Crippen molar-refractivity contribution in [3.63, 3.8) is 0 Å². The van der Waals surface area contributed by atoms with E-state index in [-0.39, 0.29) is 5.92 Å². The summed E-state index contributed by atoms with van der Waals surface area (Å²) >= 11 is 0. The van der Waals surface area contributed by atoms with Crippen LogP contribution in [0.1, 0.15) is 6.42 Å². The molecule has 0 amide bonds. The van der Waals surface area contributed by atoms with Crippen molar-refractivity contribution >= 4 is 28.1 Å². The van der Waals surface area contributed by atoms with Gasteiger partial charge in [-0.3, -0.25) is 4.79 Å². The second-order valence-electron chi connectivity index (χ2n) is 4.99. The van der Waals surface area contributed by atoms with Crippen LogP contribution in [0, 0.1) is 5.92 Å². The normalized spacial score (nSPS) is 18.9. The van der Waals surface area contributed by atoms with E-state index in [4.69, 9.17) is 10.8 Å². The van der Waals surface area contributed by atoms with Crippen molar-refractivity contribution in [2.24, 2.45) is 5.92 Å². The average Bonchev–Trinajstić information content (AvgIpc) is 2.89. The number of hydrogen-bond donors (Lipinski definition) is 2. The fourth-order valence-electron chi connectivity index (χ4n) is 2.76. The minimum absolute atomic E-state index is 0.267. The van der Waals surface area contributed by atoms with Crippen molar-refractivity contribution in [2.75, 3.05) is 23.7 Å². The van der Waals surface area contributed by atoms with Crippen molar-refractivity contribution in [1.82, 2.24) is 0 Å². The minimum Gasteiger partial charge on any atom is -0.481 e. The number of benzene rings is 2. The summed E-state index contributed by atoms with van der Waals surface area (Å²) in [6, 6.07) is 11.9. The third-order valence-electron chi connectivity index (χ3n) is 3.81. The number of hydrogen-bond acceptors (Lipinski definition) is 3. The Morgan fingerprint density at radius 2 is 1.95 bits per heavy atom. The monoisotopic (exact) mass is 256 g/mol. The zero-order valence-electron chi connectivity index (χ0n) is 10.5. The zero-order valence-corrected chi connectivity index (χ0v) is 10.5. The molecule has 1 aliphatic heterocycles. The summed E-state index contributed by atoms with van der Waals surface area (Å²) in [6.07, 6.45) is 0.702. The van der Waals surface area contributed by atoms with E-state index in [1.165, 1.54) is 0 Å². The predicted octanol–water partition coefficient (Wildman–Crippen LogP) is 2.33. The number of aliphatic carboxylic acids is 1. The molecule has 0 saturated carbocycles. The molecule has 98 valence electrons. The number of fused-ring (bicyclic) bond motifs is 1. The van der Waals surface area contributed by atoms with Gasteiger partial charge >= 0.3 is 5.97 Å². The number of rotatable bonds is 2. The summed E-state index contributed by atoms with van der Waals surface area (Å²) < 4.78 is 0. The van der Waals surface area contributed by atoms with Gasteiger partial charge in [-0.1, -0.05) is 24.3 Å². The first kappa shape index (κ1) is 11.8. The summed E-state index contributed by atoms with van der Waals surface area (Å²) in [5, 5.41) is 11.2. The fourth-order valence-corrected chi connectivity index (χ4v) is 2.76. The second-order valence-corrected chi connectivity index (χ2v) is 4.99. The van der Waals surface area contributed by atoms with E-state index in [9.17, 15) is 4.79 Å². The molecule has 1 aliphatic rings.